The van der Waals surface area contributed by atoms with Gasteiger partial charge in [0.15, 0.2) is 0 Å². The van der Waals surface area contributed by atoms with Crippen LogP contribution in [0.15, 0.2) is 0 Å². The molecule has 78 valence electrons. The Morgan fingerprint density at radius 1 is 1.31 bits per heavy atom. The lowest BCUT2D eigenvalue weighted by atomic mass is 9.71. The summed E-state index contributed by atoms with van der Waals surface area (Å²) in [6.45, 7) is 2.98. The van der Waals surface area contributed by atoms with Gasteiger partial charge in [0, 0.05) is 7.11 Å². The molecule has 0 aromatic heterocycles. The molecule has 0 aromatic carbocycles. The number of ether oxygens (including phenoxy) is 1. The fourth-order valence-electron chi connectivity index (χ4n) is 2.49. The molecule has 1 saturated carbocycles. The SMILES string of the molecule is COC(C)CC1(CN)CCCCC1. The predicted octanol–water partition coefficient (Wildman–Crippen LogP) is 2.32. The van der Waals surface area contributed by atoms with Crippen molar-refractivity contribution >= 4 is 0 Å². The van der Waals surface area contributed by atoms with Crippen molar-refractivity contribution < 1.29 is 4.74 Å². The number of rotatable bonds is 4. The van der Waals surface area contributed by atoms with Crippen molar-refractivity contribution in [2.75, 3.05) is 13.7 Å². The van der Waals surface area contributed by atoms with Crippen LogP contribution in [0.25, 0.3) is 0 Å². The number of nitrogens with two attached hydrogens (primary N) is 1. The number of hydrogen-bond donors (Lipinski definition) is 1. The quantitative estimate of drug-likeness (QED) is 0.729. The summed E-state index contributed by atoms with van der Waals surface area (Å²) in [4.78, 5) is 0. The fraction of sp³-hybridized carbons (Fsp3) is 1.00. The molecule has 13 heavy (non-hydrogen) atoms. The highest BCUT2D eigenvalue weighted by atomic mass is 16.5. The highest BCUT2D eigenvalue weighted by Crippen LogP contribution is 2.39. The minimum absolute atomic E-state index is 0.363. The van der Waals surface area contributed by atoms with Crippen LogP contribution in [-0.2, 0) is 4.74 Å². The summed E-state index contributed by atoms with van der Waals surface area (Å²) < 4.78 is 5.32. The maximum absolute atomic E-state index is 5.89. The van der Waals surface area contributed by atoms with E-state index in [4.69, 9.17) is 10.5 Å². The van der Waals surface area contributed by atoms with Crippen LogP contribution in [0.2, 0.25) is 0 Å². The van der Waals surface area contributed by atoms with E-state index in [2.05, 4.69) is 6.92 Å². The minimum Gasteiger partial charge on any atom is -0.382 e. The van der Waals surface area contributed by atoms with Crippen LogP contribution in [0.4, 0.5) is 0 Å². The van der Waals surface area contributed by atoms with E-state index in [1.807, 2.05) is 0 Å². The molecule has 2 nitrogen and oxygen atoms in total. The number of hydrogen-bond acceptors (Lipinski definition) is 2. The molecule has 0 spiro atoms. The Kier molecular flexibility index (Phi) is 4.20. The Morgan fingerprint density at radius 2 is 1.92 bits per heavy atom. The van der Waals surface area contributed by atoms with E-state index in [1.54, 1.807) is 7.11 Å². The average molecular weight is 185 g/mol. The molecule has 2 N–H and O–H groups in total. The Labute approximate surface area is 81.8 Å². The normalized spacial score (nSPS) is 24.2. The third-order valence-corrected chi connectivity index (χ3v) is 3.47. The van der Waals surface area contributed by atoms with Gasteiger partial charge in [-0.25, -0.2) is 0 Å². The van der Waals surface area contributed by atoms with Gasteiger partial charge in [-0.2, -0.15) is 0 Å². The van der Waals surface area contributed by atoms with Gasteiger partial charge in [0.25, 0.3) is 0 Å². The van der Waals surface area contributed by atoms with E-state index in [1.165, 1.54) is 32.1 Å². The molecule has 1 aliphatic rings. The van der Waals surface area contributed by atoms with E-state index in [0.29, 0.717) is 11.5 Å². The molecule has 1 unspecified atom stereocenters. The maximum Gasteiger partial charge on any atom is 0.0549 e. The van der Waals surface area contributed by atoms with Gasteiger partial charge in [-0.15, -0.1) is 0 Å². The van der Waals surface area contributed by atoms with Crippen LogP contribution in [0, 0.1) is 5.41 Å². The van der Waals surface area contributed by atoms with Gasteiger partial charge < -0.3 is 10.5 Å². The summed E-state index contributed by atoms with van der Waals surface area (Å²) >= 11 is 0. The Hall–Kier alpha value is -0.0800. The molecule has 1 rings (SSSR count). The third kappa shape index (κ3) is 2.96. The maximum atomic E-state index is 5.89. The molecular weight excluding hydrogens is 162 g/mol. The molecule has 1 aliphatic carbocycles. The molecule has 0 aromatic rings. The second-order valence-corrected chi connectivity index (χ2v) is 4.52. The molecule has 0 saturated heterocycles. The molecule has 0 bridgehead atoms. The van der Waals surface area contributed by atoms with Gasteiger partial charge in [0.1, 0.15) is 0 Å². The van der Waals surface area contributed by atoms with Crippen LogP contribution in [-0.4, -0.2) is 19.8 Å². The monoisotopic (exact) mass is 185 g/mol. The first kappa shape index (κ1) is 11.0. The van der Waals surface area contributed by atoms with Crippen molar-refractivity contribution in [3.8, 4) is 0 Å². The summed E-state index contributed by atoms with van der Waals surface area (Å²) in [6, 6.07) is 0. The third-order valence-electron chi connectivity index (χ3n) is 3.47. The Morgan fingerprint density at radius 3 is 2.38 bits per heavy atom. The van der Waals surface area contributed by atoms with Crippen molar-refractivity contribution in [3.05, 3.63) is 0 Å². The molecule has 2 heteroatoms. The second kappa shape index (κ2) is 4.97. The summed E-state index contributed by atoms with van der Waals surface area (Å²) in [5, 5.41) is 0. The summed E-state index contributed by atoms with van der Waals surface area (Å²) in [6.07, 6.45) is 8.21. The van der Waals surface area contributed by atoms with Crippen molar-refractivity contribution in [2.24, 2.45) is 11.1 Å². The minimum atomic E-state index is 0.363. The Bertz CT molecular complexity index is 141. The first-order chi connectivity index (χ1) is 6.22. The average Bonchev–Trinajstić information content (AvgIpc) is 2.19. The van der Waals surface area contributed by atoms with E-state index < -0.39 is 0 Å². The van der Waals surface area contributed by atoms with Crippen molar-refractivity contribution in [2.45, 2.75) is 51.6 Å². The highest BCUT2D eigenvalue weighted by molar-refractivity contribution is 4.85. The highest BCUT2D eigenvalue weighted by Gasteiger charge is 2.31. The van der Waals surface area contributed by atoms with Gasteiger partial charge in [0.05, 0.1) is 6.10 Å². The smallest absolute Gasteiger partial charge is 0.0549 e. The lowest BCUT2D eigenvalue weighted by molar-refractivity contribution is 0.0494. The van der Waals surface area contributed by atoms with Crippen LogP contribution in [0.1, 0.15) is 45.4 Å². The van der Waals surface area contributed by atoms with Gasteiger partial charge in [-0.05, 0) is 38.1 Å². The lowest BCUT2D eigenvalue weighted by Crippen LogP contribution is -2.36. The van der Waals surface area contributed by atoms with Crippen LogP contribution in [0.3, 0.4) is 0 Å². The summed E-state index contributed by atoms with van der Waals surface area (Å²) in [7, 11) is 1.79. The molecule has 0 amide bonds. The molecule has 1 atom stereocenters. The Balaban J connectivity index is 2.47. The lowest BCUT2D eigenvalue weighted by Gasteiger charge is -2.37. The first-order valence-corrected chi connectivity index (χ1v) is 5.45. The van der Waals surface area contributed by atoms with Gasteiger partial charge >= 0.3 is 0 Å². The molecule has 0 radical (unpaired) electrons. The fourth-order valence-corrected chi connectivity index (χ4v) is 2.49. The zero-order valence-corrected chi connectivity index (χ0v) is 9.01. The molecule has 0 aliphatic heterocycles. The summed E-state index contributed by atoms with van der Waals surface area (Å²) in [5.74, 6) is 0. The molecule has 0 heterocycles. The van der Waals surface area contributed by atoms with Gasteiger partial charge in [0.2, 0.25) is 0 Å². The van der Waals surface area contributed by atoms with Crippen molar-refractivity contribution in [3.63, 3.8) is 0 Å². The standard InChI is InChI=1S/C11H23NO/c1-10(13-2)8-11(9-12)6-4-3-5-7-11/h10H,3-9,12H2,1-2H3. The van der Waals surface area contributed by atoms with E-state index in [0.717, 1.165) is 13.0 Å². The number of methoxy groups -OCH3 is 1. The van der Waals surface area contributed by atoms with Crippen LogP contribution < -0.4 is 5.73 Å². The zero-order valence-electron chi connectivity index (χ0n) is 9.01. The van der Waals surface area contributed by atoms with Crippen LogP contribution in [0.5, 0.6) is 0 Å². The van der Waals surface area contributed by atoms with Gasteiger partial charge in [-0.1, -0.05) is 19.3 Å². The van der Waals surface area contributed by atoms with Crippen molar-refractivity contribution in [1.82, 2.24) is 0 Å². The molecule has 1 fully saturated rings. The largest absolute Gasteiger partial charge is 0.382 e. The molecular formula is C11H23NO. The summed E-state index contributed by atoms with van der Waals surface area (Å²) in [5.41, 5.74) is 6.28. The van der Waals surface area contributed by atoms with E-state index in [-0.39, 0.29) is 0 Å². The first-order valence-electron chi connectivity index (χ1n) is 5.45. The predicted molar refractivity (Wildman–Crippen MR) is 55.7 cm³/mol. The van der Waals surface area contributed by atoms with E-state index >= 15 is 0 Å². The zero-order chi connectivity index (χ0) is 9.73. The second-order valence-electron chi connectivity index (χ2n) is 4.52. The van der Waals surface area contributed by atoms with E-state index in [9.17, 15) is 0 Å². The van der Waals surface area contributed by atoms with Crippen LogP contribution >= 0.6 is 0 Å². The topological polar surface area (TPSA) is 35.2 Å². The van der Waals surface area contributed by atoms with Gasteiger partial charge in [-0.3, -0.25) is 0 Å². The van der Waals surface area contributed by atoms with Crippen molar-refractivity contribution in [1.29, 1.82) is 0 Å².